The fraction of sp³-hybridized carbons (Fsp3) is 0.433. The summed E-state index contributed by atoms with van der Waals surface area (Å²) < 4.78 is 5.78. The molecule has 1 atom stereocenters. The highest BCUT2D eigenvalue weighted by atomic mass is 16.6. The molecule has 0 saturated heterocycles. The van der Waals surface area contributed by atoms with Gasteiger partial charge in [0.15, 0.2) is 0 Å². The number of pyridine rings is 1. The van der Waals surface area contributed by atoms with Crippen LogP contribution in [0.25, 0.3) is 0 Å². The predicted octanol–water partition coefficient (Wildman–Crippen LogP) is 4.87. The van der Waals surface area contributed by atoms with E-state index in [1.165, 1.54) is 0 Å². The number of hydrogen-bond acceptors (Lipinski definition) is 8. The Kier molecular flexibility index (Phi) is 8.47. The maximum absolute atomic E-state index is 13.4. The SMILES string of the molecule is CCc1cnc(N(CC)CC)nc1N[C@@H](Cc1ccc(N2C(=O)Cc3cccnc32)cc1)C(=O)OC(C)(C)C. The molecule has 0 fully saturated rings. The number of aryl methyl sites for hydroxylation is 1. The van der Waals surface area contributed by atoms with Gasteiger partial charge in [-0.2, -0.15) is 4.98 Å². The van der Waals surface area contributed by atoms with Gasteiger partial charge in [-0.3, -0.25) is 9.69 Å². The Morgan fingerprint density at radius 3 is 2.46 bits per heavy atom. The standard InChI is InChI=1S/C30H38N6O3/c1-7-21-19-32-29(35(8-2)9-3)34-26(21)33-24(28(38)39-30(4,5)6)17-20-12-14-23(15-13-20)36-25(37)18-22-11-10-16-31-27(22)36/h10-16,19,24H,7-9,17-18H2,1-6H3,(H,32,33,34)/t24-/m0/s1. The Hall–Kier alpha value is -4.01. The number of amides is 1. The summed E-state index contributed by atoms with van der Waals surface area (Å²) in [5.41, 5.74) is 2.88. The van der Waals surface area contributed by atoms with E-state index in [0.717, 1.165) is 41.9 Å². The van der Waals surface area contributed by atoms with Gasteiger partial charge in [-0.05, 0) is 64.8 Å². The van der Waals surface area contributed by atoms with Gasteiger partial charge in [-0.25, -0.2) is 14.8 Å². The molecule has 1 aliphatic heterocycles. The maximum Gasteiger partial charge on any atom is 0.329 e. The molecule has 1 aromatic carbocycles. The summed E-state index contributed by atoms with van der Waals surface area (Å²) in [5.74, 6) is 1.56. The van der Waals surface area contributed by atoms with Gasteiger partial charge in [0.25, 0.3) is 0 Å². The molecule has 39 heavy (non-hydrogen) atoms. The summed E-state index contributed by atoms with van der Waals surface area (Å²) in [4.78, 5) is 43.5. The van der Waals surface area contributed by atoms with Crippen molar-refractivity contribution >= 4 is 35.1 Å². The molecule has 0 aliphatic carbocycles. The van der Waals surface area contributed by atoms with Crippen LogP contribution in [0, 0.1) is 0 Å². The zero-order chi connectivity index (χ0) is 28.2. The monoisotopic (exact) mass is 530 g/mol. The Labute approximate surface area is 230 Å². The molecule has 1 amide bonds. The van der Waals surface area contributed by atoms with E-state index in [4.69, 9.17) is 9.72 Å². The van der Waals surface area contributed by atoms with E-state index >= 15 is 0 Å². The van der Waals surface area contributed by atoms with Gasteiger partial charge in [0.1, 0.15) is 23.3 Å². The number of carbonyl (C=O) groups is 2. The largest absolute Gasteiger partial charge is 0.458 e. The van der Waals surface area contributed by atoms with E-state index in [1.54, 1.807) is 11.1 Å². The molecule has 2 aromatic heterocycles. The summed E-state index contributed by atoms with van der Waals surface area (Å²) in [7, 11) is 0. The second kappa shape index (κ2) is 11.8. The maximum atomic E-state index is 13.4. The quantitative estimate of drug-likeness (QED) is 0.371. The van der Waals surface area contributed by atoms with Crippen LogP contribution in [0.3, 0.4) is 0 Å². The molecule has 9 heteroatoms. The normalized spacial score (nSPS) is 13.7. The minimum absolute atomic E-state index is 0.00962. The van der Waals surface area contributed by atoms with Crippen LogP contribution in [0.1, 0.15) is 58.2 Å². The van der Waals surface area contributed by atoms with Crippen molar-refractivity contribution in [3.63, 3.8) is 0 Å². The number of benzene rings is 1. The van der Waals surface area contributed by atoms with E-state index in [2.05, 4.69) is 34.0 Å². The van der Waals surface area contributed by atoms with Crippen LogP contribution in [0.4, 0.5) is 23.3 Å². The third-order valence-electron chi connectivity index (χ3n) is 6.59. The fourth-order valence-electron chi connectivity index (χ4n) is 4.58. The van der Waals surface area contributed by atoms with Crippen molar-refractivity contribution in [1.29, 1.82) is 0 Å². The highest BCUT2D eigenvalue weighted by molar-refractivity contribution is 6.06. The minimum Gasteiger partial charge on any atom is -0.458 e. The molecular weight excluding hydrogens is 492 g/mol. The topological polar surface area (TPSA) is 101 Å². The summed E-state index contributed by atoms with van der Waals surface area (Å²) in [5, 5.41) is 3.38. The van der Waals surface area contributed by atoms with Crippen LogP contribution >= 0.6 is 0 Å². The number of ether oxygens (including phenoxy) is 1. The van der Waals surface area contributed by atoms with Crippen molar-refractivity contribution < 1.29 is 14.3 Å². The van der Waals surface area contributed by atoms with Crippen LogP contribution < -0.4 is 15.1 Å². The van der Waals surface area contributed by atoms with Gasteiger partial charge >= 0.3 is 5.97 Å². The number of fused-ring (bicyclic) bond motifs is 1. The van der Waals surface area contributed by atoms with E-state index in [-0.39, 0.29) is 11.9 Å². The van der Waals surface area contributed by atoms with Gasteiger partial charge < -0.3 is 15.0 Å². The average Bonchev–Trinajstić information content (AvgIpc) is 3.24. The first kappa shape index (κ1) is 28.0. The molecular formula is C30H38N6O3. The molecule has 3 aromatic rings. The Morgan fingerprint density at radius 2 is 1.82 bits per heavy atom. The molecule has 0 bridgehead atoms. The number of hydrogen-bond donors (Lipinski definition) is 1. The van der Waals surface area contributed by atoms with Crippen molar-refractivity contribution in [2.45, 2.75) is 72.4 Å². The van der Waals surface area contributed by atoms with E-state index in [9.17, 15) is 9.59 Å². The van der Waals surface area contributed by atoms with Gasteiger partial charge in [0.05, 0.1) is 12.1 Å². The Balaban J connectivity index is 1.60. The van der Waals surface area contributed by atoms with Crippen molar-refractivity contribution in [2.75, 3.05) is 28.2 Å². The Morgan fingerprint density at radius 1 is 1.10 bits per heavy atom. The molecule has 0 radical (unpaired) electrons. The van der Waals surface area contributed by atoms with Crippen molar-refractivity contribution in [2.24, 2.45) is 0 Å². The third kappa shape index (κ3) is 6.53. The number of carbonyl (C=O) groups excluding carboxylic acids is 2. The van der Waals surface area contributed by atoms with Crippen LogP contribution in [0.2, 0.25) is 0 Å². The van der Waals surface area contributed by atoms with Crippen molar-refractivity contribution in [1.82, 2.24) is 15.0 Å². The zero-order valence-electron chi connectivity index (χ0n) is 23.7. The third-order valence-corrected chi connectivity index (χ3v) is 6.59. The number of anilines is 4. The second-order valence-corrected chi connectivity index (χ2v) is 10.6. The molecule has 1 aliphatic rings. The van der Waals surface area contributed by atoms with Gasteiger partial charge in [0, 0.05) is 43.0 Å². The smallest absolute Gasteiger partial charge is 0.329 e. The number of rotatable bonds is 10. The second-order valence-electron chi connectivity index (χ2n) is 10.6. The number of nitrogens with one attached hydrogen (secondary N) is 1. The molecule has 0 saturated carbocycles. The first-order chi connectivity index (χ1) is 18.6. The highest BCUT2D eigenvalue weighted by Gasteiger charge is 2.30. The number of esters is 1. The molecule has 206 valence electrons. The van der Waals surface area contributed by atoms with Gasteiger partial charge in [-0.15, -0.1) is 0 Å². The zero-order valence-corrected chi connectivity index (χ0v) is 23.7. The summed E-state index contributed by atoms with van der Waals surface area (Å²) in [6.07, 6.45) is 4.95. The lowest BCUT2D eigenvalue weighted by molar-refractivity contribution is -0.155. The number of aromatic nitrogens is 3. The lowest BCUT2D eigenvalue weighted by Gasteiger charge is -2.26. The molecule has 0 spiro atoms. The average molecular weight is 531 g/mol. The fourth-order valence-corrected chi connectivity index (χ4v) is 4.58. The predicted molar refractivity (Wildman–Crippen MR) is 153 cm³/mol. The van der Waals surface area contributed by atoms with Crippen molar-refractivity contribution in [3.8, 4) is 0 Å². The van der Waals surface area contributed by atoms with Gasteiger partial charge in [0.2, 0.25) is 11.9 Å². The van der Waals surface area contributed by atoms with E-state index in [1.807, 2.05) is 70.3 Å². The van der Waals surface area contributed by atoms with Crippen LogP contribution in [0.15, 0.2) is 48.8 Å². The summed E-state index contributed by atoms with van der Waals surface area (Å²) in [6, 6.07) is 10.8. The molecule has 0 unspecified atom stereocenters. The summed E-state index contributed by atoms with van der Waals surface area (Å²) in [6.45, 7) is 13.3. The van der Waals surface area contributed by atoms with Crippen molar-refractivity contribution in [3.05, 3.63) is 65.5 Å². The lowest BCUT2D eigenvalue weighted by Crippen LogP contribution is -2.38. The minimum atomic E-state index is -0.671. The molecule has 3 heterocycles. The molecule has 9 nitrogen and oxygen atoms in total. The Bertz CT molecular complexity index is 1320. The van der Waals surface area contributed by atoms with Crippen LogP contribution in [-0.2, 0) is 33.6 Å². The first-order valence-corrected chi connectivity index (χ1v) is 13.6. The van der Waals surface area contributed by atoms with Crippen LogP contribution in [0.5, 0.6) is 0 Å². The molecule has 4 rings (SSSR count). The number of nitrogens with zero attached hydrogens (tertiary/aromatic N) is 5. The van der Waals surface area contributed by atoms with Gasteiger partial charge in [-0.1, -0.05) is 25.1 Å². The molecule has 1 N–H and O–H groups in total. The van der Waals surface area contributed by atoms with E-state index < -0.39 is 11.6 Å². The highest BCUT2D eigenvalue weighted by Crippen LogP contribution is 2.33. The lowest BCUT2D eigenvalue weighted by atomic mass is 10.0. The van der Waals surface area contributed by atoms with Crippen LogP contribution in [-0.4, -0.2) is 51.6 Å². The summed E-state index contributed by atoms with van der Waals surface area (Å²) >= 11 is 0. The van der Waals surface area contributed by atoms with E-state index in [0.29, 0.717) is 30.4 Å². The first-order valence-electron chi connectivity index (χ1n) is 13.6.